The number of hydrogen-bond donors (Lipinski definition) is 1. The van der Waals surface area contributed by atoms with Gasteiger partial charge < -0.3 is 10.6 Å². The second kappa shape index (κ2) is 6.03. The van der Waals surface area contributed by atoms with Crippen molar-refractivity contribution in [2.75, 3.05) is 36.8 Å². The number of aromatic nitrogens is 1. The Hall–Kier alpha value is -1.59. The first-order chi connectivity index (χ1) is 10.1. The summed E-state index contributed by atoms with van der Waals surface area (Å²) in [4.78, 5) is 9.30. The zero-order valence-electron chi connectivity index (χ0n) is 12.7. The minimum atomic E-state index is 0.666. The number of piperazine rings is 1. The fourth-order valence-electron chi connectivity index (χ4n) is 2.85. The Bertz CT molecular complexity index is 614. The molecule has 21 heavy (non-hydrogen) atoms. The van der Waals surface area contributed by atoms with E-state index in [-0.39, 0.29) is 0 Å². The molecule has 1 aliphatic rings. The molecule has 1 aromatic heterocycles. The molecule has 2 aromatic rings. The quantitative estimate of drug-likeness (QED) is 0.947. The fourth-order valence-corrected chi connectivity index (χ4v) is 3.40. The lowest BCUT2D eigenvalue weighted by Gasteiger charge is -2.36. The first-order valence-corrected chi connectivity index (χ1v) is 8.25. The first-order valence-electron chi connectivity index (χ1n) is 7.37. The topological polar surface area (TPSA) is 45.4 Å². The van der Waals surface area contributed by atoms with E-state index in [0.717, 1.165) is 38.4 Å². The molecule has 0 bridgehead atoms. The van der Waals surface area contributed by atoms with Crippen molar-refractivity contribution in [1.82, 2.24) is 9.88 Å². The van der Waals surface area contributed by atoms with Crippen molar-refractivity contribution in [3.8, 4) is 0 Å². The molecule has 1 fully saturated rings. The van der Waals surface area contributed by atoms with Crippen LogP contribution in [0, 0.1) is 13.8 Å². The maximum atomic E-state index is 5.69. The fraction of sp³-hybridized carbons (Fsp3) is 0.438. The van der Waals surface area contributed by atoms with Gasteiger partial charge >= 0.3 is 0 Å². The molecule has 0 atom stereocenters. The Morgan fingerprint density at radius 3 is 2.62 bits per heavy atom. The van der Waals surface area contributed by atoms with Crippen molar-refractivity contribution >= 4 is 22.2 Å². The standard InChI is InChI=1S/C16H22N4S/c1-12-4-3-5-15(13(12)2)20-8-6-19(7-9-20)10-14-11-21-16(17)18-14/h3-5,11H,6-10H2,1-2H3,(H2,17,18). The molecule has 0 amide bonds. The van der Waals surface area contributed by atoms with Crippen LogP contribution in [0.1, 0.15) is 16.8 Å². The highest BCUT2D eigenvalue weighted by atomic mass is 32.1. The molecule has 3 rings (SSSR count). The van der Waals surface area contributed by atoms with Gasteiger partial charge in [-0.2, -0.15) is 0 Å². The third-order valence-corrected chi connectivity index (χ3v) is 4.97. The Balaban J connectivity index is 1.61. The van der Waals surface area contributed by atoms with E-state index < -0.39 is 0 Å². The number of benzene rings is 1. The Morgan fingerprint density at radius 2 is 1.95 bits per heavy atom. The molecule has 0 aliphatic carbocycles. The van der Waals surface area contributed by atoms with Crippen LogP contribution in [0.5, 0.6) is 0 Å². The Labute approximate surface area is 130 Å². The minimum Gasteiger partial charge on any atom is -0.375 e. The van der Waals surface area contributed by atoms with Crippen molar-refractivity contribution in [1.29, 1.82) is 0 Å². The van der Waals surface area contributed by atoms with Gasteiger partial charge in [0.1, 0.15) is 0 Å². The smallest absolute Gasteiger partial charge is 0.180 e. The van der Waals surface area contributed by atoms with Crippen LogP contribution in [0.15, 0.2) is 23.6 Å². The summed E-state index contributed by atoms with van der Waals surface area (Å²) >= 11 is 1.52. The van der Waals surface area contributed by atoms with Gasteiger partial charge in [0.05, 0.1) is 5.69 Å². The largest absolute Gasteiger partial charge is 0.375 e. The van der Waals surface area contributed by atoms with Crippen LogP contribution in [-0.2, 0) is 6.54 Å². The van der Waals surface area contributed by atoms with E-state index in [0.29, 0.717) is 5.13 Å². The van der Waals surface area contributed by atoms with Crippen molar-refractivity contribution in [2.24, 2.45) is 0 Å². The molecule has 0 unspecified atom stereocenters. The number of thiazole rings is 1. The molecule has 112 valence electrons. The number of hydrogen-bond acceptors (Lipinski definition) is 5. The lowest BCUT2D eigenvalue weighted by atomic mass is 10.1. The highest BCUT2D eigenvalue weighted by Crippen LogP contribution is 2.24. The van der Waals surface area contributed by atoms with Crippen LogP contribution in [0.2, 0.25) is 0 Å². The summed E-state index contributed by atoms with van der Waals surface area (Å²) in [6.07, 6.45) is 0. The first kappa shape index (κ1) is 14.4. The molecular formula is C16H22N4S. The third kappa shape index (κ3) is 3.19. The van der Waals surface area contributed by atoms with Crippen LogP contribution in [0.25, 0.3) is 0 Å². The lowest BCUT2D eigenvalue weighted by Crippen LogP contribution is -2.46. The molecule has 1 aromatic carbocycles. The summed E-state index contributed by atoms with van der Waals surface area (Å²) in [6.45, 7) is 9.61. The molecule has 2 N–H and O–H groups in total. The number of nitrogens with zero attached hydrogens (tertiary/aromatic N) is 3. The number of nitrogen functional groups attached to an aromatic ring is 1. The minimum absolute atomic E-state index is 0.666. The molecule has 0 radical (unpaired) electrons. The van der Waals surface area contributed by atoms with E-state index in [1.165, 1.54) is 28.2 Å². The van der Waals surface area contributed by atoms with Gasteiger partial charge in [-0.15, -0.1) is 11.3 Å². The second-order valence-corrected chi connectivity index (χ2v) is 6.55. The number of rotatable bonds is 3. The second-order valence-electron chi connectivity index (χ2n) is 5.66. The summed E-state index contributed by atoms with van der Waals surface area (Å²) in [5.74, 6) is 0. The van der Waals surface area contributed by atoms with Crippen LogP contribution >= 0.6 is 11.3 Å². The van der Waals surface area contributed by atoms with Gasteiger partial charge in [-0.25, -0.2) is 4.98 Å². The monoisotopic (exact) mass is 302 g/mol. The molecule has 1 aliphatic heterocycles. The van der Waals surface area contributed by atoms with Gasteiger partial charge in [0.2, 0.25) is 0 Å². The van der Waals surface area contributed by atoms with Crippen molar-refractivity contribution in [3.63, 3.8) is 0 Å². The lowest BCUT2D eigenvalue weighted by molar-refractivity contribution is 0.247. The van der Waals surface area contributed by atoms with Crippen LogP contribution in [-0.4, -0.2) is 36.1 Å². The van der Waals surface area contributed by atoms with Gasteiger partial charge in [0.25, 0.3) is 0 Å². The maximum Gasteiger partial charge on any atom is 0.180 e. The normalized spacial score (nSPS) is 16.4. The van der Waals surface area contributed by atoms with Crippen molar-refractivity contribution in [3.05, 3.63) is 40.4 Å². The van der Waals surface area contributed by atoms with Crippen LogP contribution in [0.3, 0.4) is 0 Å². The number of anilines is 2. The average Bonchev–Trinajstić information content (AvgIpc) is 2.88. The van der Waals surface area contributed by atoms with E-state index >= 15 is 0 Å². The van der Waals surface area contributed by atoms with E-state index in [4.69, 9.17) is 5.73 Å². The zero-order chi connectivity index (χ0) is 14.8. The third-order valence-electron chi connectivity index (χ3n) is 4.24. The number of aryl methyl sites for hydroxylation is 1. The Morgan fingerprint density at radius 1 is 1.19 bits per heavy atom. The van der Waals surface area contributed by atoms with Crippen LogP contribution in [0.4, 0.5) is 10.8 Å². The molecule has 0 saturated carbocycles. The van der Waals surface area contributed by atoms with Crippen molar-refractivity contribution in [2.45, 2.75) is 20.4 Å². The summed E-state index contributed by atoms with van der Waals surface area (Å²) in [7, 11) is 0. The zero-order valence-corrected chi connectivity index (χ0v) is 13.5. The summed E-state index contributed by atoms with van der Waals surface area (Å²) < 4.78 is 0. The van der Waals surface area contributed by atoms with Gasteiger partial charge in [-0.3, -0.25) is 4.90 Å². The molecule has 0 spiro atoms. The van der Waals surface area contributed by atoms with Gasteiger partial charge in [-0.1, -0.05) is 12.1 Å². The average molecular weight is 302 g/mol. The number of nitrogens with two attached hydrogens (primary N) is 1. The van der Waals surface area contributed by atoms with E-state index in [1.54, 1.807) is 0 Å². The maximum absolute atomic E-state index is 5.69. The van der Waals surface area contributed by atoms with E-state index in [1.807, 2.05) is 0 Å². The molecule has 1 saturated heterocycles. The highest BCUT2D eigenvalue weighted by molar-refractivity contribution is 7.13. The molecule has 4 nitrogen and oxygen atoms in total. The summed E-state index contributed by atoms with van der Waals surface area (Å²) in [5.41, 5.74) is 10.9. The van der Waals surface area contributed by atoms with E-state index in [9.17, 15) is 0 Å². The van der Waals surface area contributed by atoms with Crippen molar-refractivity contribution < 1.29 is 0 Å². The molecule has 5 heteroatoms. The predicted octanol–water partition coefficient (Wildman–Crippen LogP) is 2.66. The molecular weight excluding hydrogens is 280 g/mol. The summed E-state index contributed by atoms with van der Waals surface area (Å²) in [6, 6.07) is 6.57. The summed E-state index contributed by atoms with van der Waals surface area (Å²) in [5, 5.41) is 2.73. The van der Waals surface area contributed by atoms with Gasteiger partial charge in [0, 0.05) is 43.8 Å². The van der Waals surface area contributed by atoms with Gasteiger partial charge in [0.15, 0.2) is 5.13 Å². The Kier molecular flexibility index (Phi) is 4.12. The highest BCUT2D eigenvalue weighted by Gasteiger charge is 2.19. The van der Waals surface area contributed by atoms with Gasteiger partial charge in [-0.05, 0) is 31.0 Å². The SMILES string of the molecule is Cc1cccc(N2CCN(Cc3csc(N)n3)CC2)c1C. The molecule has 2 heterocycles. The van der Waals surface area contributed by atoms with E-state index in [2.05, 4.69) is 52.2 Å². The van der Waals surface area contributed by atoms with Crippen LogP contribution < -0.4 is 10.6 Å². The predicted molar refractivity (Wildman–Crippen MR) is 89.9 cm³/mol.